The van der Waals surface area contributed by atoms with Crippen LogP contribution in [0, 0.1) is 5.92 Å². The van der Waals surface area contributed by atoms with E-state index in [1.165, 1.54) is 0 Å². The van der Waals surface area contributed by atoms with Gasteiger partial charge in [0.25, 0.3) is 0 Å². The van der Waals surface area contributed by atoms with Gasteiger partial charge < -0.3 is 16.2 Å². The van der Waals surface area contributed by atoms with Gasteiger partial charge in [0.2, 0.25) is 5.91 Å². The van der Waals surface area contributed by atoms with Gasteiger partial charge in [-0.1, -0.05) is 19.8 Å². The van der Waals surface area contributed by atoms with Crippen molar-refractivity contribution in [3.05, 3.63) is 0 Å². The molecule has 4 N–H and O–H groups in total. The maximum Gasteiger partial charge on any atom is 0.224 e. The Hall–Kier alpha value is -0.610. The normalized spacial score (nSPS) is 14.7. The fourth-order valence-corrected chi connectivity index (χ4v) is 1.20. The number of hydrogen-bond acceptors (Lipinski definition) is 3. The number of nitrogens with two attached hydrogens (primary N) is 1. The first-order valence-corrected chi connectivity index (χ1v) is 5.73. The van der Waals surface area contributed by atoms with E-state index in [1.54, 1.807) is 0 Å². The molecule has 0 saturated carbocycles. The van der Waals surface area contributed by atoms with Crippen LogP contribution in [0.15, 0.2) is 0 Å². The van der Waals surface area contributed by atoms with Crippen LogP contribution in [0.2, 0.25) is 0 Å². The molecule has 0 fully saturated rings. The Morgan fingerprint density at radius 1 is 1.27 bits per heavy atom. The highest BCUT2D eigenvalue weighted by Crippen LogP contribution is 2.01. The second kappa shape index (κ2) is 8.68. The minimum atomic E-state index is -0.123. The van der Waals surface area contributed by atoms with Gasteiger partial charge in [-0.05, 0) is 19.8 Å². The third-order valence-electron chi connectivity index (χ3n) is 2.59. The summed E-state index contributed by atoms with van der Waals surface area (Å²) in [5, 5.41) is 11.4. The highest BCUT2D eigenvalue weighted by molar-refractivity contribution is 5.78. The number of aliphatic hydroxyl groups is 1. The Kier molecular flexibility index (Phi) is 8.33. The third kappa shape index (κ3) is 7.33. The van der Waals surface area contributed by atoms with Gasteiger partial charge in [0.15, 0.2) is 0 Å². The fraction of sp³-hybridized carbons (Fsp3) is 0.909. The fourth-order valence-electron chi connectivity index (χ4n) is 1.20. The molecule has 1 amide bonds. The minimum absolute atomic E-state index is 0.0344. The number of nitrogens with one attached hydrogen (secondary N) is 1. The molecule has 2 unspecified atom stereocenters. The lowest BCUT2D eigenvalue weighted by Gasteiger charge is -2.15. The molecule has 0 heterocycles. The van der Waals surface area contributed by atoms with Crippen molar-refractivity contribution in [3.8, 4) is 0 Å². The number of aliphatic hydroxyl groups excluding tert-OH is 1. The highest BCUT2D eigenvalue weighted by Gasteiger charge is 2.15. The van der Waals surface area contributed by atoms with Crippen molar-refractivity contribution in [2.45, 2.75) is 45.6 Å². The van der Waals surface area contributed by atoms with E-state index < -0.39 is 0 Å². The molecule has 15 heavy (non-hydrogen) atoms. The summed E-state index contributed by atoms with van der Waals surface area (Å²) in [4.78, 5) is 11.4. The molecular formula is C11H24N2O2. The second-order valence-corrected chi connectivity index (χ2v) is 4.08. The van der Waals surface area contributed by atoms with E-state index in [9.17, 15) is 4.79 Å². The molecule has 0 aromatic carbocycles. The predicted octanol–water partition coefficient (Wildman–Crippen LogP) is 0.639. The highest BCUT2D eigenvalue weighted by atomic mass is 16.2. The molecule has 2 atom stereocenters. The van der Waals surface area contributed by atoms with E-state index >= 15 is 0 Å². The molecule has 4 nitrogen and oxygen atoms in total. The topological polar surface area (TPSA) is 75.4 Å². The Balaban J connectivity index is 3.39. The lowest BCUT2D eigenvalue weighted by molar-refractivity contribution is -0.124. The zero-order valence-corrected chi connectivity index (χ0v) is 9.83. The molecule has 0 aliphatic rings. The molecule has 0 aliphatic heterocycles. The standard InChI is InChI=1S/C11H24N2O2/c1-9(10(2)12)11(15)13-7-5-3-4-6-8-14/h9-10,14H,3-8,12H2,1-2H3,(H,13,15). The lowest BCUT2D eigenvalue weighted by Crippen LogP contribution is -2.38. The summed E-state index contributed by atoms with van der Waals surface area (Å²) < 4.78 is 0. The van der Waals surface area contributed by atoms with E-state index in [0.29, 0.717) is 6.54 Å². The molecule has 0 aromatic heterocycles. The van der Waals surface area contributed by atoms with Gasteiger partial charge in [-0.25, -0.2) is 0 Å². The van der Waals surface area contributed by atoms with Gasteiger partial charge in [-0.15, -0.1) is 0 Å². The first kappa shape index (κ1) is 14.4. The van der Waals surface area contributed by atoms with E-state index in [1.807, 2.05) is 13.8 Å². The van der Waals surface area contributed by atoms with Crippen LogP contribution in [0.4, 0.5) is 0 Å². The van der Waals surface area contributed by atoms with Crippen LogP contribution < -0.4 is 11.1 Å². The van der Waals surface area contributed by atoms with Crippen molar-refractivity contribution < 1.29 is 9.90 Å². The van der Waals surface area contributed by atoms with Crippen LogP contribution in [-0.2, 0) is 4.79 Å². The number of unbranched alkanes of at least 4 members (excludes halogenated alkanes) is 3. The molecule has 4 heteroatoms. The van der Waals surface area contributed by atoms with Crippen molar-refractivity contribution in [1.29, 1.82) is 0 Å². The monoisotopic (exact) mass is 216 g/mol. The van der Waals surface area contributed by atoms with E-state index in [0.717, 1.165) is 25.7 Å². The van der Waals surface area contributed by atoms with Gasteiger partial charge in [0, 0.05) is 25.1 Å². The molecule has 90 valence electrons. The van der Waals surface area contributed by atoms with Crippen LogP contribution in [0.25, 0.3) is 0 Å². The summed E-state index contributed by atoms with van der Waals surface area (Å²) in [6, 6.07) is -0.0978. The molecule has 0 aliphatic carbocycles. The quantitative estimate of drug-likeness (QED) is 0.521. The molecule has 0 spiro atoms. The zero-order valence-electron chi connectivity index (χ0n) is 9.83. The average molecular weight is 216 g/mol. The van der Waals surface area contributed by atoms with Gasteiger partial charge >= 0.3 is 0 Å². The summed E-state index contributed by atoms with van der Waals surface area (Å²) in [5.74, 6) is -0.0883. The van der Waals surface area contributed by atoms with Gasteiger partial charge in [0.05, 0.1) is 0 Å². The average Bonchev–Trinajstić information content (AvgIpc) is 2.21. The molecular weight excluding hydrogens is 192 g/mol. The first-order valence-electron chi connectivity index (χ1n) is 5.73. The van der Waals surface area contributed by atoms with Gasteiger partial charge in [-0.3, -0.25) is 4.79 Å². The molecule has 0 aromatic rings. The molecule has 0 saturated heterocycles. The smallest absolute Gasteiger partial charge is 0.224 e. The van der Waals surface area contributed by atoms with Crippen molar-refractivity contribution >= 4 is 5.91 Å². The van der Waals surface area contributed by atoms with Crippen molar-refractivity contribution in [3.63, 3.8) is 0 Å². The van der Waals surface area contributed by atoms with Crippen LogP contribution >= 0.6 is 0 Å². The Morgan fingerprint density at radius 3 is 2.40 bits per heavy atom. The Bertz CT molecular complexity index is 172. The summed E-state index contributed by atoms with van der Waals surface area (Å²) in [6.07, 6.45) is 3.89. The summed E-state index contributed by atoms with van der Waals surface area (Å²) >= 11 is 0. The SMILES string of the molecule is CC(N)C(C)C(=O)NCCCCCCO. The van der Waals surface area contributed by atoms with E-state index in [4.69, 9.17) is 10.8 Å². The Morgan fingerprint density at radius 2 is 1.87 bits per heavy atom. The van der Waals surface area contributed by atoms with Crippen molar-refractivity contribution in [2.24, 2.45) is 11.7 Å². The molecule has 0 bridgehead atoms. The third-order valence-corrected chi connectivity index (χ3v) is 2.59. The first-order chi connectivity index (χ1) is 7.09. The molecule has 0 radical (unpaired) electrons. The number of carbonyl (C=O) groups excluding carboxylic acids is 1. The summed E-state index contributed by atoms with van der Waals surface area (Å²) in [5.41, 5.74) is 5.62. The van der Waals surface area contributed by atoms with Gasteiger partial charge in [-0.2, -0.15) is 0 Å². The summed E-state index contributed by atoms with van der Waals surface area (Å²) in [6.45, 7) is 4.65. The molecule has 0 rings (SSSR count). The Labute approximate surface area is 92.2 Å². The number of hydrogen-bond donors (Lipinski definition) is 3. The lowest BCUT2D eigenvalue weighted by atomic mass is 10.0. The van der Waals surface area contributed by atoms with Gasteiger partial charge in [0.1, 0.15) is 0 Å². The number of rotatable bonds is 8. The maximum atomic E-state index is 11.4. The van der Waals surface area contributed by atoms with Crippen LogP contribution in [0.5, 0.6) is 0 Å². The van der Waals surface area contributed by atoms with E-state index in [-0.39, 0.29) is 24.5 Å². The number of amides is 1. The number of carbonyl (C=O) groups is 1. The largest absolute Gasteiger partial charge is 0.396 e. The maximum absolute atomic E-state index is 11.4. The van der Waals surface area contributed by atoms with Crippen LogP contribution in [0.1, 0.15) is 39.5 Å². The van der Waals surface area contributed by atoms with Crippen LogP contribution in [0.3, 0.4) is 0 Å². The van der Waals surface area contributed by atoms with Crippen LogP contribution in [-0.4, -0.2) is 30.2 Å². The minimum Gasteiger partial charge on any atom is -0.396 e. The van der Waals surface area contributed by atoms with Crippen molar-refractivity contribution in [1.82, 2.24) is 5.32 Å². The second-order valence-electron chi connectivity index (χ2n) is 4.08. The van der Waals surface area contributed by atoms with E-state index in [2.05, 4.69) is 5.32 Å². The predicted molar refractivity (Wildman–Crippen MR) is 61.4 cm³/mol. The van der Waals surface area contributed by atoms with Crippen molar-refractivity contribution in [2.75, 3.05) is 13.2 Å². The summed E-state index contributed by atoms with van der Waals surface area (Å²) in [7, 11) is 0. The zero-order chi connectivity index (χ0) is 11.7.